The number of benzene rings is 2. The molecule has 1 amide bonds. The molecule has 1 N–H and O–H groups in total. The van der Waals surface area contributed by atoms with Crippen LogP contribution in [0.5, 0.6) is 0 Å². The van der Waals surface area contributed by atoms with E-state index in [4.69, 9.17) is 0 Å². The molecule has 1 saturated heterocycles. The molecule has 0 bridgehead atoms. The minimum atomic E-state index is -3.26. The maximum absolute atomic E-state index is 12.5. The number of nitrogens with zero attached hydrogens (tertiary/aromatic N) is 3. The van der Waals surface area contributed by atoms with Crippen molar-refractivity contribution in [2.75, 3.05) is 23.1 Å². The average Bonchev–Trinajstić information content (AvgIpc) is 3.33. The molecule has 8 heteroatoms. The Bertz CT molecular complexity index is 1170. The second kappa shape index (κ2) is 8.93. The van der Waals surface area contributed by atoms with Crippen LogP contribution in [0, 0.1) is 6.92 Å². The highest BCUT2D eigenvalue weighted by Gasteiger charge is 2.28. The molecular formula is C23H26N4O3S. The van der Waals surface area contributed by atoms with Gasteiger partial charge < -0.3 is 5.32 Å². The quantitative estimate of drug-likeness (QED) is 0.575. The van der Waals surface area contributed by atoms with Gasteiger partial charge in [-0.3, -0.25) is 9.10 Å². The highest BCUT2D eigenvalue weighted by Crippen LogP contribution is 2.24. The molecule has 162 valence electrons. The van der Waals surface area contributed by atoms with Gasteiger partial charge in [0, 0.05) is 24.8 Å². The summed E-state index contributed by atoms with van der Waals surface area (Å²) in [5, 5.41) is 7.51. The van der Waals surface area contributed by atoms with Gasteiger partial charge in [0.05, 0.1) is 22.8 Å². The number of carbonyl (C=O) groups is 1. The molecule has 3 aromatic rings. The number of carbonyl (C=O) groups excluding carboxylic acids is 1. The first-order chi connectivity index (χ1) is 14.9. The largest absolute Gasteiger partial charge is 0.352 e. The van der Waals surface area contributed by atoms with Gasteiger partial charge in [-0.25, -0.2) is 13.1 Å². The van der Waals surface area contributed by atoms with Crippen molar-refractivity contribution in [2.24, 2.45) is 0 Å². The van der Waals surface area contributed by atoms with Crippen LogP contribution in [0.4, 0.5) is 5.69 Å². The molecule has 1 aliphatic heterocycles. The number of hydrogen-bond acceptors (Lipinski definition) is 4. The number of aryl methyl sites for hydroxylation is 2. The molecule has 0 atom stereocenters. The van der Waals surface area contributed by atoms with E-state index in [1.807, 2.05) is 48.1 Å². The zero-order valence-corrected chi connectivity index (χ0v) is 18.3. The Hall–Kier alpha value is -3.13. The predicted molar refractivity (Wildman–Crippen MR) is 121 cm³/mol. The van der Waals surface area contributed by atoms with Crippen molar-refractivity contribution in [1.29, 1.82) is 0 Å². The molecule has 0 saturated carbocycles. The van der Waals surface area contributed by atoms with Crippen LogP contribution in [0.25, 0.3) is 5.69 Å². The molecule has 0 unspecified atom stereocenters. The smallest absolute Gasteiger partial charge is 0.251 e. The van der Waals surface area contributed by atoms with Crippen LogP contribution in [-0.4, -0.2) is 42.9 Å². The Labute approximate surface area is 182 Å². The maximum atomic E-state index is 12.5. The van der Waals surface area contributed by atoms with E-state index in [-0.39, 0.29) is 11.7 Å². The molecule has 2 aromatic carbocycles. The number of anilines is 1. The van der Waals surface area contributed by atoms with Crippen molar-refractivity contribution < 1.29 is 13.2 Å². The van der Waals surface area contributed by atoms with Gasteiger partial charge in [-0.1, -0.05) is 24.3 Å². The Morgan fingerprint density at radius 3 is 2.61 bits per heavy atom. The average molecular weight is 439 g/mol. The Morgan fingerprint density at radius 1 is 1.10 bits per heavy atom. The SMILES string of the molecule is Cc1nn(-c2ccccc2)cc1CCCNC(=O)c1cccc(N2CCCS2(=O)=O)c1. The lowest BCUT2D eigenvalue weighted by atomic mass is 10.1. The Morgan fingerprint density at radius 2 is 1.87 bits per heavy atom. The lowest BCUT2D eigenvalue weighted by Gasteiger charge is -2.17. The third kappa shape index (κ3) is 4.80. The number of para-hydroxylation sites is 1. The van der Waals surface area contributed by atoms with Crippen LogP contribution >= 0.6 is 0 Å². The molecular weight excluding hydrogens is 412 g/mol. The summed E-state index contributed by atoms with van der Waals surface area (Å²) in [5.74, 6) is -0.0425. The topological polar surface area (TPSA) is 84.3 Å². The molecule has 1 aliphatic rings. The van der Waals surface area contributed by atoms with E-state index in [1.165, 1.54) is 4.31 Å². The molecule has 1 aromatic heterocycles. The van der Waals surface area contributed by atoms with Crippen LogP contribution in [-0.2, 0) is 16.4 Å². The summed E-state index contributed by atoms with van der Waals surface area (Å²) in [5.41, 5.74) is 4.17. The fraction of sp³-hybridized carbons (Fsp3) is 0.304. The van der Waals surface area contributed by atoms with Crippen molar-refractivity contribution >= 4 is 21.6 Å². The van der Waals surface area contributed by atoms with E-state index < -0.39 is 10.0 Å². The highest BCUT2D eigenvalue weighted by atomic mass is 32.2. The zero-order valence-electron chi connectivity index (χ0n) is 17.5. The van der Waals surface area contributed by atoms with E-state index in [1.54, 1.807) is 24.3 Å². The highest BCUT2D eigenvalue weighted by molar-refractivity contribution is 7.93. The van der Waals surface area contributed by atoms with Crippen LogP contribution in [0.1, 0.15) is 34.5 Å². The summed E-state index contributed by atoms with van der Waals surface area (Å²) < 4.78 is 27.5. The molecule has 7 nitrogen and oxygen atoms in total. The second-order valence-corrected chi connectivity index (χ2v) is 9.68. The monoisotopic (exact) mass is 438 g/mol. The summed E-state index contributed by atoms with van der Waals surface area (Å²) in [6.45, 7) is 2.98. The fourth-order valence-corrected chi connectivity index (χ4v) is 5.33. The van der Waals surface area contributed by atoms with Gasteiger partial charge in [0.25, 0.3) is 5.91 Å². The van der Waals surface area contributed by atoms with Gasteiger partial charge in [0.2, 0.25) is 10.0 Å². The van der Waals surface area contributed by atoms with Gasteiger partial charge in [0.1, 0.15) is 0 Å². The molecule has 0 spiro atoms. The number of rotatable bonds is 7. The molecule has 2 heterocycles. The van der Waals surface area contributed by atoms with Gasteiger partial charge in [-0.15, -0.1) is 0 Å². The fourth-order valence-electron chi connectivity index (χ4n) is 3.77. The molecule has 4 rings (SSSR count). The van der Waals surface area contributed by atoms with Crippen molar-refractivity contribution in [1.82, 2.24) is 15.1 Å². The standard InChI is InChI=1S/C23H26N4O3S/c1-18-20(17-26(25-18)21-10-3-2-4-11-21)9-6-13-24-23(28)19-8-5-12-22(16-19)27-14-7-15-31(27,29)30/h2-5,8,10-12,16-17H,6-7,9,13-15H2,1H3,(H,24,28). The zero-order chi connectivity index (χ0) is 21.8. The molecule has 0 radical (unpaired) electrons. The van der Waals surface area contributed by atoms with E-state index >= 15 is 0 Å². The Balaban J connectivity index is 1.32. The number of sulfonamides is 1. The van der Waals surface area contributed by atoms with Crippen LogP contribution < -0.4 is 9.62 Å². The molecule has 31 heavy (non-hydrogen) atoms. The summed E-state index contributed by atoms with van der Waals surface area (Å²) in [7, 11) is -3.26. The van der Waals surface area contributed by atoms with E-state index in [9.17, 15) is 13.2 Å². The molecule has 0 aliphatic carbocycles. The van der Waals surface area contributed by atoms with Gasteiger partial charge in [-0.05, 0) is 62.1 Å². The first-order valence-electron chi connectivity index (χ1n) is 10.4. The number of amides is 1. The molecule has 1 fully saturated rings. The number of aromatic nitrogens is 2. The van der Waals surface area contributed by atoms with Crippen molar-refractivity contribution in [3.8, 4) is 5.69 Å². The van der Waals surface area contributed by atoms with Crippen molar-refractivity contribution in [3.63, 3.8) is 0 Å². The summed E-state index contributed by atoms with van der Waals surface area (Å²) in [6.07, 6.45) is 4.24. The van der Waals surface area contributed by atoms with Crippen LogP contribution in [0.15, 0.2) is 60.8 Å². The van der Waals surface area contributed by atoms with Gasteiger partial charge in [-0.2, -0.15) is 5.10 Å². The van der Waals surface area contributed by atoms with Crippen LogP contribution in [0.2, 0.25) is 0 Å². The van der Waals surface area contributed by atoms with E-state index in [2.05, 4.69) is 10.4 Å². The third-order valence-electron chi connectivity index (χ3n) is 5.43. The van der Waals surface area contributed by atoms with Gasteiger partial charge >= 0.3 is 0 Å². The lowest BCUT2D eigenvalue weighted by molar-refractivity contribution is 0.0953. The minimum Gasteiger partial charge on any atom is -0.352 e. The van der Waals surface area contributed by atoms with E-state index in [0.29, 0.717) is 30.8 Å². The summed E-state index contributed by atoms with van der Waals surface area (Å²) >= 11 is 0. The maximum Gasteiger partial charge on any atom is 0.251 e. The summed E-state index contributed by atoms with van der Waals surface area (Å²) in [4.78, 5) is 12.5. The normalized spacial score (nSPS) is 15.2. The Kier molecular flexibility index (Phi) is 6.08. The second-order valence-electron chi connectivity index (χ2n) is 7.67. The number of hydrogen-bond donors (Lipinski definition) is 1. The first kappa shape index (κ1) is 21.1. The predicted octanol–water partition coefficient (Wildman–Crippen LogP) is 3.08. The third-order valence-corrected chi connectivity index (χ3v) is 7.29. The van der Waals surface area contributed by atoms with Gasteiger partial charge in [0.15, 0.2) is 0 Å². The van der Waals surface area contributed by atoms with Crippen molar-refractivity contribution in [3.05, 3.63) is 77.6 Å². The van der Waals surface area contributed by atoms with Crippen LogP contribution in [0.3, 0.4) is 0 Å². The lowest BCUT2D eigenvalue weighted by Crippen LogP contribution is -2.27. The first-order valence-corrected chi connectivity index (χ1v) is 12.0. The van der Waals surface area contributed by atoms with Crippen molar-refractivity contribution in [2.45, 2.75) is 26.2 Å². The number of nitrogens with one attached hydrogen (secondary N) is 1. The minimum absolute atomic E-state index is 0.156. The van der Waals surface area contributed by atoms with E-state index in [0.717, 1.165) is 29.8 Å². The summed E-state index contributed by atoms with van der Waals surface area (Å²) in [6, 6.07) is 16.8.